The number of ether oxygens (including phenoxy) is 1. The lowest BCUT2D eigenvalue weighted by Crippen LogP contribution is -2.14. The van der Waals surface area contributed by atoms with Gasteiger partial charge < -0.3 is 4.74 Å². The van der Waals surface area contributed by atoms with Crippen molar-refractivity contribution >= 4 is 5.90 Å². The first kappa shape index (κ1) is 7.32. The van der Waals surface area contributed by atoms with Gasteiger partial charge in [0.25, 0.3) is 0 Å². The lowest BCUT2D eigenvalue weighted by molar-refractivity contribution is 0.218. The molecular formula is C8H13NO. The van der Waals surface area contributed by atoms with Crippen LogP contribution in [-0.4, -0.2) is 18.0 Å². The van der Waals surface area contributed by atoms with Crippen molar-refractivity contribution in [1.29, 1.82) is 0 Å². The van der Waals surface area contributed by atoms with Crippen molar-refractivity contribution in [3.05, 3.63) is 12.2 Å². The lowest BCUT2D eigenvalue weighted by Gasteiger charge is -2.06. The summed E-state index contributed by atoms with van der Waals surface area (Å²) in [5.74, 6) is 0.722. The Morgan fingerprint density at radius 2 is 2.20 bits per heavy atom. The normalized spacial score (nSPS) is 31.3. The molecule has 0 aromatic heterocycles. The lowest BCUT2D eigenvalue weighted by atomic mass is 10.2. The monoisotopic (exact) mass is 139 g/mol. The van der Waals surface area contributed by atoms with Crippen LogP contribution in [-0.2, 0) is 4.74 Å². The highest BCUT2D eigenvalue weighted by atomic mass is 16.5. The van der Waals surface area contributed by atoms with Crippen LogP contribution in [0.1, 0.15) is 20.8 Å². The second kappa shape index (κ2) is 2.45. The van der Waals surface area contributed by atoms with Crippen LogP contribution >= 0.6 is 0 Å². The molecule has 0 amide bonds. The van der Waals surface area contributed by atoms with Crippen LogP contribution in [0.2, 0.25) is 0 Å². The Labute approximate surface area is 61.6 Å². The van der Waals surface area contributed by atoms with Gasteiger partial charge in [-0.1, -0.05) is 6.58 Å². The minimum atomic E-state index is 0.215. The Hall–Kier alpha value is -0.790. The third-order valence-electron chi connectivity index (χ3n) is 1.66. The van der Waals surface area contributed by atoms with E-state index in [-0.39, 0.29) is 12.1 Å². The molecule has 1 aliphatic rings. The van der Waals surface area contributed by atoms with Gasteiger partial charge in [0.05, 0.1) is 6.04 Å². The zero-order valence-corrected chi connectivity index (χ0v) is 6.72. The van der Waals surface area contributed by atoms with Crippen LogP contribution in [0.25, 0.3) is 0 Å². The van der Waals surface area contributed by atoms with Crippen molar-refractivity contribution in [2.24, 2.45) is 4.99 Å². The molecule has 0 spiro atoms. The average Bonchev–Trinajstić information content (AvgIpc) is 2.13. The summed E-state index contributed by atoms with van der Waals surface area (Å²) in [5.41, 5.74) is 0.913. The fourth-order valence-corrected chi connectivity index (χ4v) is 0.806. The van der Waals surface area contributed by atoms with E-state index in [1.54, 1.807) is 0 Å². The van der Waals surface area contributed by atoms with Crippen LogP contribution in [0.5, 0.6) is 0 Å². The summed E-state index contributed by atoms with van der Waals surface area (Å²) in [7, 11) is 0. The fourth-order valence-electron chi connectivity index (χ4n) is 0.806. The van der Waals surface area contributed by atoms with Crippen molar-refractivity contribution < 1.29 is 4.74 Å². The molecule has 0 aromatic rings. The SMILES string of the molecule is C=C(C)C1=NC(C)C(C)O1. The standard InChI is InChI=1S/C8H13NO/c1-5(2)8-9-6(3)7(4)10-8/h6-7H,1H2,2-4H3. The van der Waals surface area contributed by atoms with Gasteiger partial charge in [0.2, 0.25) is 5.90 Å². The van der Waals surface area contributed by atoms with Gasteiger partial charge in [-0.2, -0.15) is 0 Å². The highest BCUT2D eigenvalue weighted by Crippen LogP contribution is 2.15. The van der Waals surface area contributed by atoms with Crippen LogP contribution in [0.15, 0.2) is 17.1 Å². The van der Waals surface area contributed by atoms with Gasteiger partial charge in [-0.05, 0) is 20.8 Å². The molecule has 2 nitrogen and oxygen atoms in total. The Morgan fingerprint density at radius 3 is 2.40 bits per heavy atom. The third-order valence-corrected chi connectivity index (χ3v) is 1.66. The van der Waals surface area contributed by atoms with E-state index in [4.69, 9.17) is 4.74 Å². The Kier molecular flexibility index (Phi) is 1.79. The maximum atomic E-state index is 5.39. The predicted molar refractivity (Wildman–Crippen MR) is 42.3 cm³/mol. The molecule has 0 N–H and O–H groups in total. The molecule has 0 saturated heterocycles. The quantitative estimate of drug-likeness (QED) is 0.542. The zero-order valence-electron chi connectivity index (χ0n) is 6.72. The Balaban J connectivity index is 2.67. The van der Waals surface area contributed by atoms with Gasteiger partial charge in [-0.15, -0.1) is 0 Å². The molecule has 2 atom stereocenters. The van der Waals surface area contributed by atoms with Crippen LogP contribution in [0.4, 0.5) is 0 Å². The summed E-state index contributed by atoms with van der Waals surface area (Å²) >= 11 is 0. The predicted octanol–water partition coefficient (Wildman–Crippen LogP) is 1.77. The van der Waals surface area contributed by atoms with E-state index in [2.05, 4.69) is 11.6 Å². The largest absolute Gasteiger partial charge is 0.472 e. The molecule has 10 heavy (non-hydrogen) atoms. The zero-order chi connectivity index (χ0) is 7.72. The molecule has 0 aliphatic carbocycles. The van der Waals surface area contributed by atoms with Crippen molar-refractivity contribution in [3.8, 4) is 0 Å². The van der Waals surface area contributed by atoms with Gasteiger partial charge >= 0.3 is 0 Å². The van der Waals surface area contributed by atoms with Crippen molar-refractivity contribution in [3.63, 3.8) is 0 Å². The van der Waals surface area contributed by atoms with Crippen LogP contribution < -0.4 is 0 Å². The highest BCUT2D eigenvalue weighted by molar-refractivity contribution is 5.93. The molecule has 0 fully saturated rings. The van der Waals surface area contributed by atoms with E-state index in [1.165, 1.54) is 0 Å². The average molecular weight is 139 g/mol. The number of aliphatic imine (C=N–C) groups is 1. The first-order chi connectivity index (χ1) is 4.61. The summed E-state index contributed by atoms with van der Waals surface area (Å²) < 4.78 is 5.39. The first-order valence-corrected chi connectivity index (χ1v) is 3.51. The summed E-state index contributed by atoms with van der Waals surface area (Å²) in [4.78, 5) is 4.26. The van der Waals surface area contributed by atoms with Crippen molar-refractivity contribution in [2.45, 2.75) is 32.9 Å². The molecule has 2 unspecified atom stereocenters. The van der Waals surface area contributed by atoms with E-state index in [0.29, 0.717) is 0 Å². The molecule has 0 bridgehead atoms. The summed E-state index contributed by atoms with van der Waals surface area (Å²) in [6.07, 6.45) is 0.215. The molecule has 1 heterocycles. The first-order valence-electron chi connectivity index (χ1n) is 3.51. The molecule has 1 rings (SSSR count). The molecule has 56 valence electrons. The smallest absolute Gasteiger partial charge is 0.211 e. The number of hydrogen-bond acceptors (Lipinski definition) is 2. The maximum absolute atomic E-state index is 5.39. The second-order valence-corrected chi connectivity index (χ2v) is 2.78. The molecule has 2 heteroatoms. The Morgan fingerprint density at radius 1 is 1.60 bits per heavy atom. The minimum Gasteiger partial charge on any atom is -0.472 e. The second-order valence-electron chi connectivity index (χ2n) is 2.78. The molecule has 0 aromatic carbocycles. The van der Waals surface area contributed by atoms with Gasteiger partial charge in [0.15, 0.2) is 0 Å². The van der Waals surface area contributed by atoms with E-state index in [1.807, 2.05) is 20.8 Å². The summed E-state index contributed by atoms with van der Waals surface area (Å²) in [6.45, 7) is 9.72. The summed E-state index contributed by atoms with van der Waals surface area (Å²) in [5, 5.41) is 0. The van der Waals surface area contributed by atoms with Crippen LogP contribution in [0.3, 0.4) is 0 Å². The highest BCUT2D eigenvalue weighted by Gasteiger charge is 2.22. The number of nitrogens with zero attached hydrogens (tertiary/aromatic N) is 1. The van der Waals surface area contributed by atoms with Gasteiger partial charge in [-0.25, -0.2) is 4.99 Å². The maximum Gasteiger partial charge on any atom is 0.211 e. The van der Waals surface area contributed by atoms with Crippen molar-refractivity contribution in [2.75, 3.05) is 0 Å². The van der Waals surface area contributed by atoms with Gasteiger partial charge in [0.1, 0.15) is 6.10 Å². The topological polar surface area (TPSA) is 21.6 Å². The van der Waals surface area contributed by atoms with E-state index < -0.39 is 0 Å². The van der Waals surface area contributed by atoms with Crippen LogP contribution in [0, 0.1) is 0 Å². The molecular weight excluding hydrogens is 126 g/mol. The van der Waals surface area contributed by atoms with E-state index in [0.717, 1.165) is 11.5 Å². The van der Waals surface area contributed by atoms with E-state index >= 15 is 0 Å². The molecule has 1 aliphatic heterocycles. The molecule has 0 radical (unpaired) electrons. The van der Waals surface area contributed by atoms with Crippen molar-refractivity contribution in [1.82, 2.24) is 0 Å². The van der Waals surface area contributed by atoms with Gasteiger partial charge in [-0.3, -0.25) is 0 Å². The number of hydrogen-bond donors (Lipinski definition) is 0. The van der Waals surface area contributed by atoms with Gasteiger partial charge in [0, 0.05) is 5.57 Å². The Bertz CT molecular complexity index is 184. The van der Waals surface area contributed by atoms with E-state index in [9.17, 15) is 0 Å². The minimum absolute atomic E-state index is 0.215. The number of rotatable bonds is 1. The molecule has 0 saturated carbocycles. The third kappa shape index (κ3) is 1.20. The summed E-state index contributed by atoms with van der Waals surface area (Å²) in [6, 6.07) is 0.284. The fraction of sp³-hybridized carbons (Fsp3) is 0.625.